The second-order valence-electron chi connectivity index (χ2n) is 4.30. The molecule has 0 N–H and O–H groups in total. The van der Waals surface area contributed by atoms with Crippen molar-refractivity contribution in [2.75, 3.05) is 0 Å². The van der Waals surface area contributed by atoms with Crippen LogP contribution in [0.2, 0.25) is 0 Å². The van der Waals surface area contributed by atoms with Crippen molar-refractivity contribution < 1.29 is 9.53 Å². The summed E-state index contributed by atoms with van der Waals surface area (Å²) in [5.41, 5.74) is 0.178. The van der Waals surface area contributed by atoms with Gasteiger partial charge in [0.05, 0.1) is 0 Å². The van der Waals surface area contributed by atoms with Crippen LogP contribution in [0.15, 0.2) is 12.2 Å². The van der Waals surface area contributed by atoms with Crippen molar-refractivity contribution in [3.05, 3.63) is 12.2 Å². The molecule has 1 atom stereocenters. The third-order valence-corrected chi connectivity index (χ3v) is 2.31. The molecule has 0 heterocycles. The molecule has 0 saturated carbocycles. The first-order valence-electron chi connectivity index (χ1n) is 4.90. The van der Waals surface area contributed by atoms with E-state index in [-0.39, 0.29) is 17.5 Å². The molecule has 2 heteroatoms. The van der Waals surface area contributed by atoms with Crippen LogP contribution in [0, 0.1) is 5.41 Å². The van der Waals surface area contributed by atoms with Crippen LogP contribution in [0.4, 0.5) is 0 Å². The topological polar surface area (TPSA) is 26.3 Å². The molecule has 13 heavy (non-hydrogen) atoms. The van der Waals surface area contributed by atoms with Crippen LogP contribution in [0.3, 0.4) is 0 Å². The average molecular weight is 182 g/mol. The largest absolute Gasteiger partial charge is 0.462 e. The zero-order valence-electron chi connectivity index (χ0n) is 8.67. The highest BCUT2D eigenvalue weighted by atomic mass is 16.5. The molecule has 1 aliphatic rings. The Morgan fingerprint density at radius 1 is 1.62 bits per heavy atom. The fourth-order valence-corrected chi connectivity index (χ4v) is 1.64. The van der Waals surface area contributed by atoms with E-state index < -0.39 is 0 Å². The third kappa shape index (κ3) is 3.21. The van der Waals surface area contributed by atoms with E-state index in [9.17, 15) is 4.79 Å². The number of esters is 1. The summed E-state index contributed by atoms with van der Waals surface area (Å²) in [4.78, 5) is 11.0. The van der Waals surface area contributed by atoms with E-state index >= 15 is 0 Å². The molecule has 0 aromatic carbocycles. The van der Waals surface area contributed by atoms with E-state index in [1.54, 1.807) is 0 Å². The van der Waals surface area contributed by atoms with Gasteiger partial charge < -0.3 is 4.74 Å². The number of ether oxygens (including phenoxy) is 1. The molecule has 0 radical (unpaired) electrons. The number of hydrogen-bond donors (Lipinski definition) is 0. The molecule has 0 bridgehead atoms. The van der Waals surface area contributed by atoms with Gasteiger partial charge in [-0.05, 0) is 11.8 Å². The first-order chi connectivity index (χ1) is 6.03. The van der Waals surface area contributed by atoms with Crippen LogP contribution >= 0.6 is 0 Å². The number of allylic oxidation sites excluding steroid dienone is 1. The summed E-state index contributed by atoms with van der Waals surface area (Å²) in [6.07, 6.45) is 6.68. The Balaban J connectivity index is 2.46. The standard InChI is InChI=1S/C11H18O2/c1-4-10(12)13-9-6-5-7-11(2,3)8-9/h5,7,9H,4,6,8H2,1-3H3. The van der Waals surface area contributed by atoms with Crippen LogP contribution in [0.5, 0.6) is 0 Å². The zero-order chi connectivity index (χ0) is 9.90. The Hall–Kier alpha value is -0.790. The number of carbonyl (C=O) groups excluding carboxylic acids is 1. The van der Waals surface area contributed by atoms with E-state index in [1.807, 2.05) is 6.92 Å². The number of hydrogen-bond acceptors (Lipinski definition) is 2. The van der Waals surface area contributed by atoms with Crippen LogP contribution in [-0.2, 0) is 9.53 Å². The summed E-state index contributed by atoms with van der Waals surface area (Å²) in [5.74, 6) is -0.0869. The van der Waals surface area contributed by atoms with E-state index in [0.717, 1.165) is 12.8 Å². The second kappa shape index (κ2) is 3.95. The van der Waals surface area contributed by atoms with Crippen LogP contribution in [0.25, 0.3) is 0 Å². The lowest BCUT2D eigenvalue weighted by molar-refractivity contribution is -0.149. The Labute approximate surface area is 80.0 Å². The lowest BCUT2D eigenvalue weighted by atomic mass is 9.81. The minimum Gasteiger partial charge on any atom is -0.462 e. The van der Waals surface area contributed by atoms with Gasteiger partial charge in [-0.1, -0.05) is 32.9 Å². The highest BCUT2D eigenvalue weighted by Crippen LogP contribution is 2.31. The normalized spacial score (nSPS) is 25.6. The number of carbonyl (C=O) groups is 1. The molecule has 0 spiro atoms. The average Bonchev–Trinajstić information content (AvgIpc) is 2.02. The highest BCUT2D eigenvalue weighted by Gasteiger charge is 2.25. The summed E-state index contributed by atoms with van der Waals surface area (Å²) in [7, 11) is 0. The van der Waals surface area contributed by atoms with Crippen molar-refractivity contribution in [3.8, 4) is 0 Å². The summed E-state index contributed by atoms with van der Waals surface area (Å²) in [6.45, 7) is 6.15. The maximum atomic E-state index is 11.0. The fraction of sp³-hybridized carbons (Fsp3) is 0.727. The van der Waals surface area contributed by atoms with E-state index in [4.69, 9.17) is 4.74 Å². The molecule has 1 unspecified atom stereocenters. The van der Waals surface area contributed by atoms with Gasteiger partial charge in [0.2, 0.25) is 0 Å². The summed E-state index contributed by atoms with van der Waals surface area (Å²) >= 11 is 0. The molecule has 74 valence electrons. The quantitative estimate of drug-likeness (QED) is 0.485. The summed E-state index contributed by atoms with van der Waals surface area (Å²) in [5, 5.41) is 0. The van der Waals surface area contributed by atoms with Crippen molar-refractivity contribution >= 4 is 5.97 Å². The van der Waals surface area contributed by atoms with Crippen molar-refractivity contribution in [1.29, 1.82) is 0 Å². The lowest BCUT2D eigenvalue weighted by Crippen LogP contribution is -2.26. The molecule has 0 aromatic heterocycles. The molecule has 0 aromatic rings. The van der Waals surface area contributed by atoms with Crippen molar-refractivity contribution in [1.82, 2.24) is 0 Å². The molecular formula is C11H18O2. The number of rotatable bonds is 2. The van der Waals surface area contributed by atoms with Gasteiger partial charge in [0.1, 0.15) is 6.10 Å². The van der Waals surface area contributed by atoms with Gasteiger partial charge in [-0.25, -0.2) is 0 Å². The molecule has 1 aliphatic carbocycles. The van der Waals surface area contributed by atoms with Crippen molar-refractivity contribution in [2.24, 2.45) is 5.41 Å². The van der Waals surface area contributed by atoms with Crippen molar-refractivity contribution in [3.63, 3.8) is 0 Å². The molecule has 1 rings (SSSR count). The minimum atomic E-state index is -0.0869. The van der Waals surface area contributed by atoms with Gasteiger partial charge in [0.15, 0.2) is 0 Å². The maximum absolute atomic E-state index is 11.0. The molecule has 0 amide bonds. The predicted octanol–water partition coefficient (Wildman–Crippen LogP) is 2.68. The van der Waals surface area contributed by atoms with Crippen LogP contribution in [-0.4, -0.2) is 12.1 Å². The molecule has 0 aliphatic heterocycles. The SMILES string of the molecule is CCC(=O)OC1CC=CC(C)(C)C1. The Morgan fingerprint density at radius 3 is 2.85 bits per heavy atom. The Morgan fingerprint density at radius 2 is 2.31 bits per heavy atom. The molecule has 0 saturated heterocycles. The summed E-state index contributed by atoms with van der Waals surface area (Å²) in [6, 6.07) is 0. The van der Waals surface area contributed by atoms with Gasteiger partial charge in [-0.15, -0.1) is 0 Å². The van der Waals surface area contributed by atoms with Gasteiger partial charge in [0, 0.05) is 12.8 Å². The van der Waals surface area contributed by atoms with E-state index in [2.05, 4.69) is 26.0 Å². The highest BCUT2D eigenvalue weighted by molar-refractivity contribution is 5.69. The second-order valence-corrected chi connectivity index (χ2v) is 4.30. The first-order valence-corrected chi connectivity index (χ1v) is 4.90. The molecular weight excluding hydrogens is 164 g/mol. The molecule has 0 fully saturated rings. The third-order valence-electron chi connectivity index (χ3n) is 2.31. The van der Waals surface area contributed by atoms with E-state index in [0.29, 0.717) is 6.42 Å². The maximum Gasteiger partial charge on any atom is 0.305 e. The van der Waals surface area contributed by atoms with Gasteiger partial charge >= 0.3 is 5.97 Å². The van der Waals surface area contributed by atoms with Crippen LogP contribution in [0.1, 0.15) is 40.0 Å². The van der Waals surface area contributed by atoms with Gasteiger partial charge in [0.25, 0.3) is 0 Å². The first kappa shape index (κ1) is 10.3. The van der Waals surface area contributed by atoms with Gasteiger partial charge in [-0.3, -0.25) is 4.79 Å². The van der Waals surface area contributed by atoms with Crippen LogP contribution < -0.4 is 0 Å². The van der Waals surface area contributed by atoms with Gasteiger partial charge in [-0.2, -0.15) is 0 Å². The summed E-state index contributed by atoms with van der Waals surface area (Å²) < 4.78 is 5.29. The minimum absolute atomic E-state index is 0.0869. The fourth-order valence-electron chi connectivity index (χ4n) is 1.64. The zero-order valence-corrected chi connectivity index (χ0v) is 8.67. The van der Waals surface area contributed by atoms with E-state index in [1.165, 1.54) is 0 Å². The predicted molar refractivity (Wildman–Crippen MR) is 52.3 cm³/mol. The molecule has 2 nitrogen and oxygen atoms in total. The monoisotopic (exact) mass is 182 g/mol. The smallest absolute Gasteiger partial charge is 0.305 e. The lowest BCUT2D eigenvalue weighted by Gasteiger charge is -2.30. The Bertz CT molecular complexity index is 216. The van der Waals surface area contributed by atoms with Crippen molar-refractivity contribution in [2.45, 2.75) is 46.1 Å². The Kier molecular flexibility index (Phi) is 3.12.